The van der Waals surface area contributed by atoms with Crippen molar-refractivity contribution in [2.45, 2.75) is 46.1 Å². The minimum absolute atomic E-state index is 0.0882. The van der Waals surface area contributed by atoms with Crippen LogP contribution in [0, 0.1) is 19.8 Å². The molecule has 0 radical (unpaired) electrons. The largest absolute Gasteiger partial charge is 0.342 e. The summed E-state index contributed by atoms with van der Waals surface area (Å²) in [7, 11) is 0. The van der Waals surface area contributed by atoms with E-state index in [-0.39, 0.29) is 11.8 Å². The molecule has 8 heteroatoms. The Morgan fingerprint density at radius 3 is 2.81 bits per heavy atom. The van der Waals surface area contributed by atoms with Crippen LogP contribution in [-0.4, -0.2) is 48.0 Å². The lowest BCUT2D eigenvalue weighted by Gasteiger charge is -2.33. The molecule has 1 saturated heterocycles. The van der Waals surface area contributed by atoms with Gasteiger partial charge in [-0.25, -0.2) is 9.97 Å². The summed E-state index contributed by atoms with van der Waals surface area (Å²) in [5, 5.41) is 6.29. The van der Waals surface area contributed by atoms with E-state index >= 15 is 0 Å². The molecule has 7 nitrogen and oxygen atoms in total. The number of fused-ring (bicyclic) bond motifs is 1. The van der Waals surface area contributed by atoms with Crippen molar-refractivity contribution < 1.29 is 4.79 Å². The Kier molecular flexibility index (Phi) is 4.52. The molecule has 1 amide bonds. The van der Waals surface area contributed by atoms with Crippen LogP contribution in [0.1, 0.15) is 42.9 Å². The molecule has 0 aromatic carbocycles. The molecule has 0 saturated carbocycles. The van der Waals surface area contributed by atoms with Crippen LogP contribution in [0.2, 0.25) is 0 Å². The van der Waals surface area contributed by atoms with Crippen LogP contribution >= 0.6 is 11.3 Å². The van der Waals surface area contributed by atoms with Gasteiger partial charge in [-0.15, -0.1) is 11.3 Å². The SMILES string of the molecule is Cc1csc2c(C3CCN(C(=O)C(C)Cn4cncn4)CC3)nc(C)n12. The Hall–Kier alpha value is -2.22. The third kappa shape index (κ3) is 3.02. The number of hydrogen-bond donors (Lipinski definition) is 0. The van der Waals surface area contributed by atoms with E-state index in [2.05, 4.69) is 33.7 Å². The van der Waals surface area contributed by atoms with Crippen molar-refractivity contribution in [2.75, 3.05) is 13.1 Å². The first-order valence-corrected chi connectivity index (χ1v) is 9.96. The van der Waals surface area contributed by atoms with Crippen LogP contribution in [0.5, 0.6) is 0 Å². The number of piperidine rings is 1. The van der Waals surface area contributed by atoms with E-state index in [4.69, 9.17) is 4.98 Å². The van der Waals surface area contributed by atoms with Gasteiger partial charge in [0, 0.05) is 30.1 Å². The second-order valence-corrected chi connectivity index (χ2v) is 8.04. The zero-order valence-corrected chi connectivity index (χ0v) is 16.2. The van der Waals surface area contributed by atoms with Gasteiger partial charge < -0.3 is 4.90 Å². The summed E-state index contributed by atoms with van der Waals surface area (Å²) in [4.78, 5) is 24.8. The molecular weight excluding hydrogens is 348 g/mol. The predicted molar refractivity (Wildman–Crippen MR) is 100 cm³/mol. The molecule has 1 aliphatic rings. The lowest BCUT2D eigenvalue weighted by Crippen LogP contribution is -2.41. The van der Waals surface area contributed by atoms with Crippen molar-refractivity contribution in [1.29, 1.82) is 0 Å². The maximum Gasteiger partial charge on any atom is 0.227 e. The van der Waals surface area contributed by atoms with E-state index in [0.717, 1.165) is 31.8 Å². The maximum absolute atomic E-state index is 12.7. The van der Waals surface area contributed by atoms with Crippen molar-refractivity contribution in [3.05, 3.63) is 35.2 Å². The molecule has 1 atom stereocenters. The van der Waals surface area contributed by atoms with Gasteiger partial charge in [0.25, 0.3) is 0 Å². The molecule has 26 heavy (non-hydrogen) atoms. The predicted octanol–water partition coefficient (Wildman–Crippen LogP) is 2.65. The average molecular weight is 372 g/mol. The zero-order valence-electron chi connectivity index (χ0n) is 15.4. The summed E-state index contributed by atoms with van der Waals surface area (Å²) >= 11 is 1.77. The molecule has 1 fully saturated rings. The van der Waals surface area contributed by atoms with Crippen LogP contribution in [0.25, 0.3) is 4.83 Å². The first kappa shape index (κ1) is 17.2. The van der Waals surface area contributed by atoms with Gasteiger partial charge in [0.1, 0.15) is 23.3 Å². The van der Waals surface area contributed by atoms with Gasteiger partial charge in [-0.1, -0.05) is 6.92 Å². The first-order chi connectivity index (χ1) is 12.5. The van der Waals surface area contributed by atoms with E-state index in [9.17, 15) is 4.79 Å². The quantitative estimate of drug-likeness (QED) is 0.706. The molecule has 0 aliphatic carbocycles. The Morgan fingerprint density at radius 1 is 1.35 bits per heavy atom. The van der Waals surface area contributed by atoms with E-state index < -0.39 is 0 Å². The minimum atomic E-state index is -0.0882. The highest BCUT2D eigenvalue weighted by Gasteiger charge is 2.29. The number of carbonyl (C=O) groups excluding carboxylic acids is 1. The van der Waals surface area contributed by atoms with Crippen molar-refractivity contribution in [2.24, 2.45) is 5.92 Å². The number of rotatable bonds is 4. The van der Waals surface area contributed by atoms with Crippen molar-refractivity contribution in [3.63, 3.8) is 0 Å². The fraction of sp³-hybridized carbons (Fsp3) is 0.556. The highest BCUT2D eigenvalue weighted by molar-refractivity contribution is 7.15. The van der Waals surface area contributed by atoms with Crippen molar-refractivity contribution in [3.8, 4) is 0 Å². The molecule has 138 valence electrons. The minimum Gasteiger partial charge on any atom is -0.342 e. The molecule has 4 rings (SSSR count). The molecule has 4 heterocycles. The second kappa shape index (κ2) is 6.83. The Morgan fingerprint density at radius 2 is 2.12 bits per heavy atom. The van der Waals surface area contributed by atoms with Crippen molar-refractivity contribution in [1.82, 2.24) is 29.0 Å². The van der Waals surface area contributed by atoms with Crippen molar-refractivity contribution >= 4 is 22.1 Å². The maximum atomic E-state index is 12.7. The molecule has 3 aromatic rings. The smallest absolute Gasteiger partial charge is 0.227 e. The van der Waals surface area contributed by atoms with Crippen LogP contribution in [0.3, 0.4) is 0 Å². The Labute approximate surface area is 156 Å². The normalized spacial score (nSPS) is 17.1. The highest BCUT2D eigenvalue weighted by Crippen LogP contribution is 2.34. The van der Waals surface area contributed by atoms with Gasteiger partial charge >= 0.3 is 0 Å². The van der Waals surface area contributed by atoms with E-state index in [1.165, 1.54) is 22.5 Å². The Bertz CT molecular complexity index is 904. The van der Waals surface area contributed by atoms with Crippen LogP contribution in [0.4, 0.5) is 0 Å². The lowest BCUT2D eigenvalue weighted by molar-refractivity contribution is -0.136. The summed E-state index contributed by atoms with van der Waals surface area (Å²) in [6, 6.07) is 0. The zero-order chi connectivity index (χ0) is 18.3. The number of thiazole rings is 1. The van der Waals surface area contributed by atoms with Crippen LogP contribution < -0.4 is 0 Å². The fourth-order valence-corrected chi connectivity index (χ4v) is 4.99. The molecule has 0 spiro atoms. The standard InChI is InChI=1S/C18H24N6OS/c1-12(8-23-11-19-10-20-23)17(25)22-6-4-15(5-7-22)16-18-24(14(3)21-16)13(2)9-26-18/h9-12,15H,4-8H2,1-3H3. The number of amides is 1. The molecule has 0 N–H and O–H groups in total. The summed E-state index contributed by atoms with van der Waals surface area (Å²) in [5.74, 6) is 1.62. The third-order valence-corrected chi connectivity index (χ3v) is 6.34. The lowest BCUT2D eigenvalue weighted by atomic mass is 9.93. The summed E-state index contributed by atoms with van der Waals surface area (Å²) in [6.07, 6.45) is 5.11. The topological polar surface area (TPSA) is 68.3 Å². The number of nitrogens with zero attached hydrogens (tertiary/aromatic N) is 6. The average Bonchev–Trinajstić information content (AvgIpc) is 3.35. The number of hydrogen-bond acceptors (Lipinski definition) is 5. The van der Waals surface area contributed by atoms with E-state index in [1.54, 1.807) is 22.3 Å². The Balaban J connectivity index is 1.41. The number of carbonyl (C=O) groups is 1. The molecular formula is C18H24N6OS. The summed E-state index contributed by atoms with van der Waals surface area (Å²) in [6.45, 7) is 8.34. The van der Waals surface area contributed by atoms with E-state index in [0.29, 0.717) is 12.5 Å². The second-order valence-electron chi connectivity index (χ2n) is 7.18. The number of likely N-dealkylation sites (tertiary alicyclic amines) is 1. The third-order valence-electron chi connectivity index (χ3n) is 5.26. The summed E-state index contributed by atoms with van der Waals surface area (Å²) < 4.78 is 3.97. The summed E-state index contributed by atoms with van der Waals surface area (Å²) in [5.41, 5.74) is 2.46. The van der Waals surface area contributed by atoms with Gasteiger partial charge in [-0.3, -0.25) is 13.9 Å². The van der Waals surface area contributed by atoms with Gasteiger partial charge in [-0.2, -0.15) is 5.10 Å². The number of aryl methyl sites for hydroxylation is 2. The van der Waals surface area contributed by atoms with Gasteiger partial charge in [-0.05, 0) is 26.7 Å². The molecule has 1 unspecified atom stereocenters. The highest BCUT2D eigenvalue weighted by atomic mass is 32.1. The fourth-order valence-electron chi connectivity index (χ4n) is 3.89. The molecule has 3 aromatic heterocycles. The van der Waals surface area contributed by atoms with Gasteiger partial charge in [0.05, 0.1) is 18.2 Å². The number of aromatic nitrogens is 5. The first-order valence-electron chi connectivity index (χ1n) is 9.09. The van der Waals surface area contributed by atoms with E-state index in [1.807, 2.05) is 11.8 Å². The van der Waals surface area contributed by atoms with Crippen LogP contribution in [0.15, 0.2) is 18.0 Å². The van der Waals surface area contributed by atoms with Crippen LogP contribution in [-0.2, 0) is 11.3 Å². The number of imidazole rings is 1. The monoisotopic (exact) mass is 372 g/mol. The molecule has 1 aliphatic heterocycles. The van der Waals surface area contributed by atoms with Gasteiger partial charge in [0.2, 0.25) is 5.91 Å². The molecule has 0 bridgehead atoms. The van der Waals surface area contributed by atoms with Gasteiger partial charge in [0.15, 0.2) is 0 Å².